The highest BCUT2D eigenvalue weighted by Gasteiger charge is 2.29. The number of nitro groups is 1. The van der Waals surface area contributed by atoms with Gasteiger partial charge in [-0.05, 0) is 45.7 Å². The molecule has 0 radical (unpaired) electrons. The molecule has 0 atom stereocenters. The van der Waals surface area contributed by atoms with Gasteiger partial charge in [0.05, 0.1) is 11.0 Å². The van der Waals surface area contributed by atoms with Crippen LogP contribution in [0.2, 0.25) is 0 Å². The summed E-state index contributed by atoms with van der Waals surface area (Å²) >= 11 is 0. The Balaban J connectivity index is 1.96. The summed E-state index contributed by atoms with van der Waals surface area (Å²) in [5.41, 5.74) is -0.903. The first kappa shape index (κ1) is 21.8. The van der Waals surface area contributed by atoms with Crippen molar-refractivity contribution in [3.63, 3.8) is 0 Å². The van der Waals surface area contributed by atoms with Crippen molar-refractivity contribution in [1.29, 1.82) is 0 Å². The van der Waals surface area contributed by atoms with Gasteiger partial charge in [-0.25, -0.2) is 13.9 Å². The van der Waals surface area contributed by atoms with Gasteiger partial charge in [0, 0.05) is 19.1 Å². The number of piperidine rings is 1. The Kier molecular flexibility index (Phi) is 6.44. The Labute approximate surface area is 162 Å². The number of ether oxygens (including phenoxy) is 1. The molecule has 1 aliphatic heterocycles. The van der Waals surface area contributed by atoms with E-state index in [0.717, 1.165) is 12.1 Å². The van der Waals surface area contributed by atoms with Gasteiger partial charge in [0.1, 0.15) is 17.1 Å². The standard InChI is InChI=1S/C16H23FN4O6S/c1-16(2,3)27-15(22)19-28(25,26)18-12-6-8-20(9-7-12)13-5-4-11(17)10-14(13)21(23)24/h4-5,10,12,18H,6-9H2,1-3H3,(H,19,22). The molecule has 28 heavy (non-hydrogen) atoms. The van der Waals surface area contributed by atoms with Crippen molar-refractivity contribution in [1.82, 2.24) is 9.44 Å². The third-order valence-corrected chi connectivity index (χ3v) is 4.99. The third-order valence-electron chi connectivity index (χ3n) is 3.91. The molecule has 1 fully saturated rings. The quantitative estimate of drug-likeness (QED) is 0.553. The van der Waals surface area contributed by atoms with Crippen molar-refractivity contribution in [2.45, 2.75) is 45.3 Å². The number of amides is 1. The van der Waals surface area contributed by atoms with Crippen molar-refractivity contribution in [3.05, 3.63) is 34.1 Å². The minimum atomic E-state index is -4.11. The van der Waals surface area contributed by atoms with E-state index in [9.17, 15) is 27.7 Å². The molecule has 0 aromatic heterocycles. The molecule has 0 saturated carbocycles. The van der Waals surface area contributed by atoms with Gasteiger partial charge in [0.2, 0.25) is 0 Å². The van der Waals surface area contributed by atoms with Crippen LogP contribution in [-0.4, -0.2) is 44.2 Å². The second kappa shape index (κ2) is 8.27. The number of hydrogen-bond acceptors (Lipinski definition) is 7. The molecule has 10 nitrogen and oxygen atoms in total. The number of nitrogens with one attached hydrogen (secondary N) is 2. The summed E-state index contributed by atoms with van der Waals surface area (Å²) in [5, 5.41) is 11.1. The predicted octanol–water partition coefficient (Wildman–Crippen LogP) is 2.06. The summed E-state index contributed by atoms with van der Waals surface area (Å²) in [7, 11) is -4.11. The fourth-order valence-corrected chi connectivity index (χ4v) is 3.80. The van der Waals surface area contributed by atoms with Crippen LogP contribution < -0.4 is 14.3 Å². The number of nitrogens with zero attached hydrogens (tertiary/aromatic N) is 2. The highest BCUT2D eigenvalue weighted by Crippen LogP contribution is 2.31. The van der Waals surface area contributed by atoms with Gasteiger partial charge in [-0.15, -0.1) is 0 Å². The Bertz CT molecular complexity index is 847. The molecule has 2 N–H and O–H groups in total. The van der Waals surface area contributed by atoms with E-state index in [1.54, 1.807) is 30.4 Å². The lowest BCUT2D eigenvalue weighted by Crippen LogP contribution is -2.50. The summed E-state index contributed by atoms with van der Waals surface area (Å²) in [6, 6.07) is 2.87. The van der Waals surface area contributed by atoms with Gasteiger partial charge in [0.15, 0.2) is 0 Å². The van der Waals surface area contributed by atoms with Gasteiger partial charge in [-0.2, -0.15) is 13.1 Å². The highest BCUT2D eigenvalue weighted by molar-refractivity contribution is 7.88. The predicted molar refractivity (Wildman–Crippen MR) is 99.7 cm³/mol. The maximum absolute atomic E-state index is 13.3. The summed E-state index contributed by atoms with van der Waals surface area (Å²) in [6.45, 7) is 5.48. The molecule has 1 aromatic carbocycles. The molecule has 156 valence electrons. The molecule has 0 unspecified atom stereocenters. The van der Waals surface area contributed by atoms with Crippen molar-refractivity contribution < 1.29 is 27.3 Å². The molecule has 0 bridgehead atoms. The molecule has 12 heteroatoms. The van der Waals surface area contributed by atoms with E-state index in [2.05, 4.69) is 4.72 Å². The maximum Gasteiger partial charge on any atom is 0.422 e. The van der Waals surface area contributed by atoms with Crippen LogP contribution in [0.5, 0.6) is 0 Å². The second-order valence-electron chi connectivity index (χ2n) is 7.38. The summed E-state index contributed by atoms with van der Waals surface area (Å²) in [4.78, 5) is 23.8. The van der Waals surface area contributed by atoms with Gasteiger partial charge < -0.3 is 9.64 Å². The van der Waals surface area contributed by atoms with Crippen LogP contribution in [0.4, 0.5) is 20.6 Å². The number of anilines is 1. The van der Waals surface area contributed by atoms with Crippen molar-refractivity contribution in [2.24, 2.45) is 0 Å². The summed E-state index contributed by atoms with van der Waals surface area (Å²) < 4.78 is 46.5. The molecule has 2 rings (SSSR count). The topological polar surface area (TPSA) is 131 Å². The average molecular weight is 418 g/mol. The molecular formula is C16H23FN4O6S. The lowest BCUT2D eigenvalue weighted by Gasteiger charge is -2.33. The van der Waals surface area contributed by atoms with Crippen LogP contribution in [0.1, 0.15) is 33.6 Å². The summed E-state index contributed by atoms with van der Waals surface area (Å²) in [5.74, 6) is -0.702. The number of nitro benzene ring substituents is 1. The second-order valence-corrected chi connectivity index (χ2v) is 8.82. The largest absolute Gasteiger partial charge is 0.443 e. The van der Waals surface area contributed by atoms with E-state index in [0.29, 0.717) is 25.9 Å². The molecule has 0 spiro atoms. The maximum atomic E-state index is 13.3. The van der Waals surface area contributed by atoms with Gasteiger partial charge in [-0.3, -0.25) is 10.1 Å². The molecule has 1 aliphatic rings. The van der Waals surface area contributed by atoms with E-state index in [1.807, 2.05) is 0 Å². The SMILES string of the molecule is CC(C)(C)OC(=O)NS(=O)(=O)NC1CCN(c2ccc(F)cc2[N+](=O)[O-])CC1. The zero-order valence-corrected chi connectivity index (χ0v) is 16.6. The minimum Gasteiger partial charge on any atom is -0.443 e. The Morgan fingerprint density at radius 2 is 1.93 bits per heavy atom. The molecular weight excluding hydrogens is 395 g/mol. The van der Waals surface area contributed by atoms with Crippen LogP contribution in [0.15, 0.2) is 18.2 Å². The monoisotopic (exact) mass is 418 g/mol. The lowest BCUT2D eigenvalue weighted by atomic mass is 10.0. The minimum absolute atomic E-state index is 0.277. The van der Waals surface area contributed by atoms with E-state index >= 15 is 0 Å². The first-order valence-corrected chi connectivity index (χ1v) is 10.1. The van der Waals surface area contributed by atoms with Crippen LogP contribution in [0.25, 0.3) is 0 Å². The van der Waals surface area contributed by atoms with E-state index in [1.165, 1.54) is 6.07 Å². The number of carbonyl (C=O) groups excluding carboxylic acids is 1. The van der Waals surface area contributed by atoms with Gasteiger partial charge >= 0.3 is 16.3 Å². The number of benzene rings is 1. The lowest BCUT2D eigenvalue weighted by molar-refractivity contribution is -0.384. The normalized spacial score (nSPS) is 15.9. The van der Waals surface area contributed by atoms with Crippen LogP contribution in [0, 0.1) is 15.9 Å². The Morgan fingerprint density at radius 3 is 2.46 bits per heavy atom. The first-order valence-electron chi connectivity index (χ1n) is 8.58. The molecule has 1 aromatic rings. The van der Waals surface area contributed by atoms with Crippen LogP contribution >= 0.6 is 0 Å². The fourth-order valence-electron chi connectivity index (χ4n) is 2.81. The van der Waals surface area contributed by atoms with Crippen LogP contribution in [-0.2, 0) is 14.9 Å². The van der Waals surface area contributed by atoms with Crippen molar-refractivity contribution in [3.8, 4) is 0 Å². The average Bonchev–Trinajstić information content (AvgIpc) is 2.52. The van der Waals surface area contributed by atoms with E-state index < -0.39 is 38.7 Å². The highest BCUT2D eigenvalue weighted by atomic mass is 32.2. The smallest absolute Gasteiger partial charge is 0.422 e. The zero-order chi connectivity index (χ0) is 21.1. The van der Waals surface area contributed by atoms with E-state index in [-0.39, 0.29) is 11.4 Å². The molecule has 0 aliphatic carbocycles. The van der Waals surface area contributed by atoms with E-state index in [4.69, 9.17) is 4.74 Å². The first-order chi connectivity index (χ1) is 12.9. The zero-order valence-electron chi connectivity index (χ0n) is 15.8. The molecule has 1 heterocycles. The Hall–Kier alpha value is -2.47. The van der Waals surface area contributed by atoms with Crippen molar-refractivity contribution in [2.75, 3.05) is 18.0 Å². The van der Waals surface area contributed by atoms with Gasteiger partial charge in [0.25, 0.3) is 5.69 Å². The number of hydrogen-bond donors (Lipinski definition) is 2. The number of carbonyl (C=O) groups is 1. The van der Waals surface area contributed by atoms with Gasteiger partial charge in [-0.1, -0.05) is 0 Å². The summed E-state index contributed by atoms with van der Waals surface area (Å²) in [6.07, 6.45) is -0.382. The third kappa shape index (κ3) is 6.30. The fraction of sp³-hybridized carbons (Fsp3) is 0.562. The van der Waals surface area contributed by atoms with Crippen LogP contribution in [0.3, 0.4) is 0 Å². The number of halogens is 1. The Morgan fingerprint density at radius 1 is 1.32 bits per heavy atom. The van der Waals surface area contributed by atoms with Crippen molar-refractivity contribution >= 4 is 27.7 Å². The molecule has 1 saturated heterocycles. The number of rotatable bonds is 5. The molecule has 1 amide bonds.